The molecule has 0 saturated carbocycles. The van der Waals surface area contributed by atoms with Crippen LogP contribution in [0.2, 0.25) is 0 Å². The summed E-state index contributed by atoms with van der Waals surface area (Å²) in [5, 5.41) is 10.2. The number of aliphatic hydroxyl groups is 1. The molecule has 0 spiro atoms. The molecule has 1 N–H and O–H groups in total. The average molecular weight is 268 g/mol. The summed E-state index contributed by atoms with van der Waals surface area (Å²) in [6.07, 6.45) is 0.625. The van der Waals surface area contributed by atoms with Crippen LogP contribution in [-0.2, 0) is 6.54 Å². The smallest absolute Gasteiger partial charge is 0.268 e. The number of alkyl halides is 2. The minimum absolute atomic E-state index is 0.000971. The topological polar surface area (TPSA) is 38.0 Å². The van der Waals surface area contributed by atoms with Gasteiger partial charge in [-0.2, -0.15) is 0 Å². The SMILES string of the molecule is CC(C)CC(O)(Cn1ccc2ncccc21)C(F)F. The second-order valence-corrected chi connectivity index (χ2v) is 5.35. The molecule has 2 aromatic rings. The van der Waals surface area contributed by atoms with Crippen molar-refractivity contribution in [1.29, 1.82) is 0 Å². The summed E-state index contributed by atoms with van der Waals surface area (Å²) in [4.78, 5) is 4.15. The number of fused-ring (bicyclic) bond motifs is 1. The maximum Gasteiger partial charge on any atom is 0.268 e. The molecule has 0 fully saturated rings. The third-order valence-electron chi connectivity index (χ3n) is 3.15. The van der Waals surface area contributed by atoms with E-state index in [-0.39, 0.29) is 18.9 Å². The van der Waals surface area contributed by atoms with Gasteiger partial charge in [-0.1, -0.05) is 13.8 Å². The first-order valence-corrected chi connectivity index (χ1v) is 6.33. The van der Waals surface area contributed by atoms with E-state index in [4.69, 9.17) is 0 Å². The van der Waals surface area contributed by atoms with Crippen LogP contribution in [0.5, 0.6) is 0 Å². The third kappa shape index (κ3) is 2.92. The van der Waals surface area contributed by atoms with E-state index in [1.54, 1.807) is 29.1 Å². The Balaban J connectivity index is 2.31. The Kier molecular flexibility index (Phi) is 3.85. The predicted molar refractivity (Wildman–Crippen MR) is 70.1 cm³/mol. The van der Waals surface area contributed by atoms with Crippen molar-refractivity contribution in [3.63, 3.8) is 0 Å². The Labute approximate surface area is 110 Å². The van der Waals surface area contributed by atoms with Gasteiger partial charge in [0, 0.05) is 12.4 Å². The molecule has 0 aliphatic carbocycles. The zero-order valence-electron chi connectivity index (χ0n) is 11.1. The van der Waals surface area contributed by atoms with Crippen molar-refractivity contribution in [2.45, 2.75) is 38.8 Å². The van der Waals surface area contributed by atoms with Crippen LogP contribution in [0.15, 0.2) is 30.6 Å². The first kappa shape index (κ1) is 13.9. The highest BCUT2D eigenvalue weighted by molar-refractivity contribution is 5.75. The van der Waals surface area contributed by atoms with E-state index in [1.165, 1.54) is 0 Å². The minimum Gasteiger partial charge on any atom is -0.382 e. The standard InChI is InChI=1S/C14H18F2N2O/c1-10(2)8-14(19,13(15)16)9-18-7-5-11-12(18)4-3-6-17-11/h3-7,10,13,19H,8-9H2,1-2H3. The van der Waals surface area contributed by atoms with E-state index in [0.29, 0.717) is 0 Å². The maximum atomic E-state index is 13.2. The van der Waals surface area contributed by atoms with E-state index in [2.05, 4.69) is 4.98 Å². The lowest BCUT2D eigenvalue weighted by molar-refractivity contribution is -0.116. The number of hydrogen-bond donors (Lipinski definition) is 1. The van der Waals surface area contributed by atoms with Crippen molar-refractivity contribution in [3.8, 4) is 0 Å². The molecule has 0 saturated heterocycles. The second kappa shape index (κ2) is 5.25. The van der Waals surface area contributed by atoms with E-state index < -0.39 is 12.0 Å². The first-order chi connectivity index (χ1) is 8.92. The van der Waals surface area contributed by atoms with Gasteiger partial charge in [0.15, 0.2) is 0 Å². The number of aromatic nitrogens is 2. The molecule has 0 aromatic carbocycles. The van der Waals surface area contributed by atoms with Gasteiger partial charge in [0.25, 0.3) is 6.43 Å². The van der Waals surface area contributed by atoms with Crippen molar-refractivity contribution in [3.05, 3.63) is 30.6 Å². The molecular formula is C14H18F2N2O. The molecule has 2 aromatic heterocycles. The Morgan fingerprint density at radius 1 is 1.37 bits per heavy atom. The zero-order chi connectivity index (χ0) is 14.0. The lowest BCUT2D eigenvalue weighted by Gasteiger charge is -2.29. The summed E-state index contributed by atoms with van der Waals surface area (Å²) in [6.45, 7) is 3.52. The van der Waals surface area contributed by atoms with Gasteiger partial charge in [0.1, 0.15) is 5.60 Å². The zero-order valence-corrected chi connectivity index (χ0v) is 11.1. The molecule has 19 heavy (non-hydrogen) atoms. The maximum absolute atomic E-state index is 13.2. The van der Waals surface area contributed by atoms with Crippen LogP contribution in [-0.4, -0.2) is 26.7 Å². The van der Waals surface area contributed by atoms with Crippen LogP contribution in [0.1, 0.15) is 20.3 Å². The summed E-state index contributed by atoms with van der Waals surface area (Å²) in [6, 6.07) is 5.32. The van der Waals surface area contributed by atoms with Gasteiger partial charge in [-0.05, 0) is 30.5 Å². The van der Waals surface area contributed by atoms with Crippen molar-refractivity contribution in [2.24, 2.45) is 5.92 Å². The molecule has 0 aliphatic rings. The van der Waals surface area contributed by atoms with E-state index in [9.17, 15) is 13.9 Å². The molecular weight excluding hydrogens is 250 g/mol. The van der Waals surface area contributed by atoms with Crippen LogP contribution in [0.25, 0.3) is 11.0 Å². The van der Waals surface area contributed by atoms with Crippen molar-refractivity contribution in [1.82, 2.24) is 9.55 Å². The molecule has 1 unspecified atom stereocenters. The van der Waals surface area contributed by atoms with Crippen LogP contribution in [0.3, 0.4) is 0 Å². The highest BCUT2D eigenvalue weighted by atomic mass is 19.3. The van der Waals surface area contributed by atoms with Gasteiger partial charge >= 0.3 is 0 Å². The molecule has 5 heteroatoms. The summed E-state index contributed by atoms with van der Waals surface area (Å²) < 4.78 is 27.9. The molecule has 2 heterocycles. The summed E-state index contributed by atoms with van der Waals surface area (Å²) >= 11 is 0. The summed E-state index contributed by atoms with van der Waals surface area (Å²) in [5.74, 6) is -0.000971. The monoisotopic (exact) mass is 268 g/mol. The lowest BCUT2D eigenvalue weighted by atomic mass is 9.92. The Morgan fingerprint density at radius 3 is 2.74 bits per heavy atom. The van der Waals surface area contributed by atoms with Gasteiger partial charge in [0.05, 0.1) is 17.6 Å². The fourth-order valence-corrected chi connectivity index (χ4v) is 2.38. The highest BCUT2D eigenvalue weighted by Crippen LogP contribution is 2.28. The van der Waals surface area contributed by atoms with Crippen molar-refractivity contribution < 1.29 is 13.9 Å². The Bertz CT molecular complexity index is 553. The Hall–Kier alpha value is -1.49. The fraction of sp³-hybridized carbons (Fsp3) is 0.500. The van der Waals surface area contributed by atoms with E-state index in [0.717, 1.165) is 11.0 Å². The average Bonchev–Trinajstić information content (AvgIpc) is 2.71. The van der Waals surface area contributed by atoms with Crippen LogP contribution in [0.4, 0.5) is 8.78 Å². The number of rotatable bonds is 5. The molecule has 2 rings (SSSR count). The van der Waals surface area contributed by atoms with Crippen LogP contribution >= 0.6 is 0 Å². The van der Waals surface area contributed by atoms with E-state index in [1.807, 2.05) is 19.9 Å². The molecule has 0 aliphatic heterocycles. The van der Waals surface area contributed by atoms with Gasteiger partial charge in [-0.3, -0.25) is 4.98 Å². The molecule has 0 bridgehead atoms. The number of pyridine rings is 1. The second-order valence-electron chi connectivity index (χ2n) is 5.35. The lowest BCUT2D eigenvalue weighted by Crippen LogP contribution is -2.42. The van der Waals surface area contributed by atoms with Crippen molar-refractivity contribution >= 4 is 11.0 Å². The fourth-order valence-electron chi connectivity index (χ4n) is 2.38. The third-order valence-corrected chi connectivity index (χ3v) is 3.15. The van der Waals surface area contributed by atoms with E-state index >= 15 is 0 Å². The molecule has 1 atom stereocenters. The molecule has 0 amide bonds. The van der Waals surface area contributed by atoms with Gasteiger partial charge < -0.3 is 9.67 Å². The molecule has 0 radical (unpaired) electrons. The van der Waals surface area contributed by atoms with Gasteiger partial charge in [0.2, 0.25) is 0 Å². The summed E-state index contributed by atoms with van der Waals surface area (Å²) in [7, 11) is 0. The van der Waals surface area contributed by atoms with Crippen molar-refractivity contribution in [2.75, 3.05) is 0 Å². The predicted octanol–water partition coefficient (Wildman–Crippen LogP) is 3.08. The van der Waals surface area contributed by atoms with Crippen LogP contribution < -0.4 is 0 Å². The number of nitrogens with zero attached hydrogens (tertiary/aromatic N) is 2. The quantitative estimate of drug-likeness (QED) is 0.905. The first-order valence-electron chi connectivity index (χ1n) is 6.33. The van der Waals surface area contributed by atoms with Crippen LogP contribution in [0, 0.1) is 5.92 Å². The molecule has 3 nitrogen and oxygen atoms in total. The normalized spacial score (nSPS) is 15.3. The van der Waals surface area contributed by atoms with Gasteiger partial charge in [-0.25, -0.2) is 8.78 Å². The number of hydrogen-bond acceptors (Lipinski definition) is 2. The summed E-state index contributed by atoms with van der Waals surface area (Å²) in [5.41, 5.74) is -0.510. The highest BCUT2D eigenvalue weighted by Gasteiger charge is 2.38. The molecule has 104 valence electrons. The number of halogens is 2. The minimum atomic E-state index is -2.77. The largest absolute Gasteiger partial charge is 0.382 e. The Morgan fingerprint density at radius 2 is 2.11 bits per heavy atom. The van der Waals surface area contributed by atoms with Gasteiger partial charge in [-0.15, -0.1) is 0 Å².